The zero-order valence-corrected chi connectivity index (χ0v) is 17.4. The van der Waals surface area contributed by atoms with Crippen LogP contribution >= 0.6 is 0 Å². The van der Waals surface area contributed by atoms with Crippen LogP contribution in [0.15, 0.2) is 41.5 Å². The van der Waals surface area contributed by atoms with Crippen molar-refractivity contribution >= 4 is 23.1 Å². The first-order valence-electron chi connectivity index (χ1n) is 9.94. The van der Waals surface area contributed by atoms with Crippen molar-refractivity contribution in [2.75, 3.05) is 31.1 Å². The van der Waals surface area contributed by atoms with Crippen LogP contribution in [0.4, 0.5) is 11.5 Å². The van der Waals surface area contributed by atoms with Gasteiger partial charge in [-0.15, -0.1) is 10.2 Å². The van der Waals surface area contributed by atoms with E-state index in [4.69, 9.17) is 9.15 Å². The summed E-state index contributed by atoms with van der Waals surface area (Å²) < 4.78 is 12.4. The van der Waals surface area contributed by atoms with E-state index in [2.05, 4.69) is 25.3 Å². The summed E-state index contributed by atoms with van der Waals surface area (Å²) >= 11 is 0. The van der Waals surface area contributed by atoms with Crippen molar-refractivity contribution < 1.29 is 18.9 Å². The number of anilines is 1. The number of amides is 1. The van der Waals surface area contributed by atoms with Gasteiger partial charge in [0.05, 0.1) is 16.9 Å². The van der Waals surface area contributed by atoms with Crippen molar-refractivity contribution in [3.8, 4) is 11.6 Å². The number of rotatable bonds is 5. The van der Waals surface area contributed by atoms with Gasteiger partial charge < -0.3 is 19.0 Å². The summed E-state index contributed by atoms with van der Waals surface area (Å²) in [5, 5.41) is 23.9. The summed E-state index contributed by atoms with van der Waals surface area (Å²) in [7, 11) is 0. The maximum Gasteiger partial charge on any atom is 0.373 e. The van der Waals surface area contributed by atoms with Gasteiger partial charge >= 0.3 is 11.6 Å². The van der Waals surface area contributed by atoms with Gasteiger partial charge in [-0.25, -0.2) is 4.98 Å². The smallest absolute Gasteiger partial charge is 0.373 e. The van der Waals surface area contributed by atoms with Crippen LogP contribution < -0.4 is 9.64 Å². The molecule has 4 aromatic rings. The van der Waals surface area contributed by atoms with Crippen LogP contribution in [0, 0.1) is 17.0 Å². The van der Waals surface area contributed by atoms with Gasteiger partial charge in [-0.1, -0.05) is 0 Å². The molecule has 5 rings (SSSR count). The van der Waals surface area contributed by atoms with Crippen LogP contribution in [0.2, 0.25) is 0 Å². The van der Waals surface area contributed by atoms with E-state index in [-0.39, 0.29) is 34.8 Å². The molecular formula is C19H17N9O5. The van der Waals surface area contributed by atoms with Crippen LogP contribution in [-0.2, 0) is 0 Å². The molecule has 1 aliphatic heterocycles. The van der Waals surface area contributed by atoms with Crippen molar-refractivity contribution in [2.24, 2.45) is 0 Å². The average Bonchev–Trinajstić information content (AvgIpc) is 3.51. The summed E-state index contributed by atoms with van der Waals surface area (Å²) in [5.41, 5.74) is 0.516. The number of nitro groups is 1. The van der Waals surface area contributed by atoms with Gasteiger partial charge in [0.1, 0.15) is 12.7 Å². The Morgan fingerprint density at radius 3 is 2.79 bits per heavy atom. The summed E-state index contributed by atoms with van der Waals surface area (Å²) in [6.45, 7) is 3.12. The molecule has 1 fully saturated rings. The van der Waals surface area contributed by atoms with E-state index in [1.807, 2.05) is 0 Å². The summed E-state index contributed by atoms with van der Waals surface area (Å²) in [6, 6.07) is 4.84. The summed E-state index contributed by atoms with van der Waals surface area (Å²) in [4.78, 5) is 35.4. The molecule has 0 N–H and O–H groups in total. The molecule has 0 bridgehead atoms. The maximum atomic E-state index is 12.5. The normalized spacial score (nSPS) is 14.0. The molecule has 0 unspecified atom stereocenters. The predicted molar refractivity (Wildman–Crippen MR) is 111 cm³/mol. The van der Waals surface area contributed by atoms with E-state index in [1.54, 1.807) is 34.9 Å². The maximum absolute atomic E-state index is 12.5. The third-order valence-corrected chi connectivity index (χ3v) is 5.11. The first kappa shape index (κ1) is 20.3. The monoisotopic (exact) mass is 451 g/mol. The zero-order valence-electron chi connectivity index (χ0n) is 17.4. The Kier molecular flexibility index (Phi) is 5.01. The molecule has 0 aromatic carbocycles. The zero-order chi connectivity index (χ0) is 22.9. The highest BCUT2D eigenvalue weighted by Gasteiger charge is 2.32. The Balaban J connectivity index is 1.41. The van der Waals surface area contributed by atoms with Crippen LogP contribution in [0.5, 0.6) is 11.6 Å². The number of aromatic nitrogens is 6. The molecule has 168 valence electrons. The minimum Gasteiger partial charge on any atom is -0.459 e. The highest BCUT2D eigenvalue weighted by Crippen LogP contribution is 2.37. The predicted octanol–water partition coefficient (Wildman–Crippen LogP) is 1.48. The Labute approximate surface area is 185 Å². The van der Waals surface area contributed by atoms with Gasteiger partial charge in [0, 0.05) is 32.2 Å². The molecular weight excluding hydrogens is 434 g/mol. The number of aryl methyl sites for hydroxylation is 1. The minimum atomic E-state index is -0.583. The Hall–Kier alpha value is -4.62. The number of furan rings is 1. The van der Waals surface area contributed by atoms with Crippen molar-refractivity contribution in [2.45, 2.75) is 6.92 Å². The molecule has 1 aliphatic rings. The van der Waals surface area contributed by atoms with E-state index in [0.29, 0.717) is 37.5 Å². The van der Waals surface area contributed by atoms with Crippen molar-refractivity contribution in [3.05, 3.63) is 58.7 Å². The SMILES string of the molecule is Cc1cc(Oc2ncnc(N3CCN(C(=O)c4ccco4)CC3)c2[N+](=O)[O-])c2nncn2n1. The Morgan fingerprint density at radius 2 is 2.06 bits per heavy atom. The van der Waals surface area contributed by atoms with Crippen LogP contribution in [-0.4, -0.2) is 71.7 Å². The fraction of sp³-hybridized carbons (Fsp3) is 0.263. The lowest BCUT2D eigenvalue weighted by molar-refractivity contribution is -0.385. The second-order valence-corrected chi connectivity index (χ2v) is 7.22. The first-order valence-corrected chi connectivity index (χ1v) is 9.94. The molecule has 1 amide bonds. The topological polar surface area (TPSA) is 158 Å². The average molecular weight is 451 g/mol. The minimum absolute atomic E-state index is 0.110. The second kappa shape index (κ2) is 8.14. The van der Waals surface area contributed by atoms with Gasteiger partial charge in [0.25, 0.3) is 5.91 Å². The second-order valence-electron chi connectivity index (χ2n) is 7.22. The van der Waals surface area contributed by atoms with Crippen molar-refractivity contribution in [3.63, 3.8) is 0 Å². The molecule has 4 aromatic heterocycles. The van der Waals surface area contributed by atoms with Gasteiger partial charge in [-0.05, 0) is 19.1 Å². The standard InChI is InChI=1S/C19H17N9O5/c1-12-9-14(16-23-22-11-27(16)24-12)33-18-15(28(30)31)17(20-10-21-18)25-4-6-26(7-5-25)19(29)13-3-2-8-32-13/h2-3,8-11H,4-7H2,1H3. The molecule has 5 heterocycles. The lowest BCUT2D eigenvalue weighted by Gasteiger charge is -2.34. The van der Waals surface area contributed by atoms with E-state index >= 15 is 0 Å². The van der Waals surface area contributed by atoms with E-state index in [9.17, 15) is 14.9 Å². The van der Waals surface area contributed by atoms with E-state index < -0.39 is 4.92 Å². The number of carbonyl (C=O) groups is 1. The van der Waals surface area contributed by atoms with Crippen LogP contribution in [0.1, 0.15) is 16.2 Å². The summed E-state index contributed by atoms with van der Waals surface area (Å²) in [5.74, 6) is 0.125. The number of carbonyl (C=O) groups excluding carboxylic acids is 1. The number of hydrogen-bond donors (Lipinski definition) is 0. The molecule has 0 radical (unpaired) electrons. The van der Waals surface area contributed by atoms with Crippen molar-refractivity contribution in [1.82, 2.24) is 34.7 Å². The number of nitrogens with zero attached hydrogens (tertiary/aromatic N) is 9. The molecule has 0 atom stereocenters. The fourth-order valence-electron chi connectivity index (χ4n) is 3.59. The van der Waals surface area contributed by atoms with Gasteiger partial charge in [0.2, 0.25) is 11.5 Å². The molecule has 0 spiro atoms. The number of ether oxygens (including phenoxy) is 1. The summed E-state index contributed by atoms with van der Waals surface area (Å²) in [6.07, 6.45) is 4.04. The molecule has 1 saturated heterocycles. The van der Waals surface area contributed by atoms with Crippen LogP contribution in [0.25, 0.3) is 5.65 Å². The van der Waals surface area contributed by atoms with Gasteiger partial charge in [-0.2, -0.15) is 14.6 Å². The quantitative estimate of drug-likeness (QED) is 0.319. The largest absolute Gasteiger partial charge is 0.459 e. The van der Waals surface area contributed by atoms with Crippen LogP contribution in [0.3, 0.4) is 0 Å². The lowest BCUT2D eigenvalue weighted by Crippen LogP contribution is -2.49. The number of hydrogen-bond acceptors (Lipinski definition) is 11. The van der Waals surface area contributed by atoms with Crippen molar-refractivity contribution in [1.29, 1.82) is 0 Å². The Morgan fingerprint density at radius 1 is 1.24 bits per heavy atom. The Bertz CT molecular complexity index is 1330. The first-order chi connectivity index (χ1) is 16.0. The number of fused-ring (bicyclic) bond motifs is 1. The fourth-order valence-corrected chi connectivity index (χ4v) is 3.59. The molecule has 14 nitrogen and oxygen atoms in total. The van der Waals surface area contributed by atoms with E-state index in [0.717, 1.165) is 0 Å². The number of piperazine rings is 1. The molecule has 0 aliphatic carbocycles. The molecule has 14 heteroatoms. The highest BCUT2D eigenvalue weighted by molar-refractivity contribution is 5.91. The van der Waals surface area contributed by atoms with Gasteiger partial charge in [-0.3, -0.25) is 14.9 Å². The van der Waals surface area contributed by atoms with E-state index in [1.165, 1.54) is 23.4 Å². The lowest BCUT2D eigenvalue weighted by atomic mass is 10.2. The third kappa shape index (κ3) is 3.77. The molecule has 0 saturated carbocycles. The highest BCUT2D eigenvalue weighted by atomic mass is 16.6. The molecule has 33 heavy (non-hydrogen) atoms. The van der Waals surface area contributed by atoms with Gasteiger partial charge in [0.15, 0.2) is 11.5 Å². The third-order valence-electron chi connectivity index (χ3n) is 5.11.